The summed E-state index contributed by atoms with van der Waals surface area (Å²) < 4.78 is 5.27. The van der Waals surface area contributed by atoms with Crippen molar-refractivity contribution in [2.24, 2.45) is 0 Å². The van der Waals surface area contributed by atoms with Gasteiger partial charge in [0.15, 0.2) is 0 Å². The van der Waals surface area contributed by atoms with Crippen molar-refractivity contribution in [3.63, 3.8) is 0 Å². The van der Waals surface area contributed by atoms with Crippen LogP contribution in [0, 0.1) is 0 Å². The fourth-order valence-corrected chi connectivity index (χ4v) is 3.87. The zero-order valence-corrected chi connectivity index (χ0v) is 17.1. The number of rotatable bonds is 7. The maximum Gasteiger partial charge on any atom is 0.261 e. The minimum atomic E-state index is -0.112. The van der Waals surface area contributed by atoms with Crippen molar-refractivity contribution in [2.75, 3.05) is 19.4 Å². The number of methoxy groups -OCH3 is 1. The number of allylic oxidation sites excluding steroid dienone is 1. The van der Waals surface area contributed by atoms with Gasteiger partial charge in [0.2, 0.25) is 5.95 Å². The molecule has 0 aliphatic rings. The molecule has 0 saturated carbocycles. The molecule has 0 bridgehead atoms. The lowest BCUT2D eigenvalue weighted by Crippen LogP contribution is -2.21. The number of nitrogens with two attached hydrogens (primary N) is 1. The van der Waals surface area contributed by atoms with Crippen LogP contribution in [0.2, 0.25) is 0 Å². The summed E-state index contributed by atoms with van der Waals surface area (Å²) >= 11 is 1.33. The number of nitrogen functional groups attached to an aromatic ring is 1. The smallest absolute Gasteiger partial charge is 0.261 e. The number of nitrogens with zero attached hydrogens (tertiary/aromatic N) is 2. The highest BCUT2D eigenvalue weighted by molar-refractivity contribution is 7.20. The van der Waals surface area contributed by atoms with E-state index < -0.39 is 0 Å². The molecule has 28 heavy (non-hydrogen) atoms. The number of unbranched alkanes of at least 4 members (excludes halogenated alkanes) is 1. The van der Waals surface area contributed by atoms with E-state index in [0.717, 1.165) is 40.8 Å². The summed E-state index contributed by atoms with van der Waals surface area (Å²) in [6, 6.07) is 9.70. The average molecular weight is 397 g/mol. The van der Waals surface area contributed by atoms with Gasteiger partial charge in [0.05, 0.1) is 17.7 Å². The van der Waals surface area contributed by atoms with E-state index >= 15 is 0 Å². The molecule has 7 heteroatoms. The van der Waals surface area contributed by atoms with Gasteiger partial charge in [-0.1, -0.05) is 31.6 Å². The van der Waals surface area contributed by atoms with Crippen LogP contribution >= 0.6 is 11.3 Å². The number of carbonyl (C=O) groups excluding carboxylic acids is 1. The Kier molecular flexibility index (Phi) is 6.26. The van der Waals surface area contributed by atoms with Crippen molar-refractivity contribution in [3.05, 3.63) is 52.5 Å². The highest BCUT2D eigenvalue weighted by Gasteiger charge is 2.18. The summed E-state index contributed by atoms with van der Waals surface area (Å²) in [4.78, 5) is 22.5. The molecule has 0 aliphatic heterocycles. The van der Waals surface area contributed by atoms with E-state index in [1.807, 2.05) is 37.3 Å². The van der Waals surface area contributed by atoms with Gasteiger partial charge in [-0.2, -0.15) is 0 Å². The van der Waals surface area contributed by atoms with E-state index in [1.165, 1.54) is 11.3 Å². The number of thiophene rings is 1. The third kappa shape index (κ3) is 4.14. The number of nitrogens with one attached hydrogen (secondary N) is 1. The van der Waals surface area contributed by atoms with Crippen molar-refractivity contribution < 1.29 is 9.53 Å². The Labute approximate surface area is 168 Å². The first kappa shape index (κ1) is 19.8. The van der Waals surface area contributed by atoms with E-state index in [0.29, 0.717) is 16.3 Å². The Balaban J connectivity index is 2.16. The maximum absolute atomic E-state index is 12.3. The summed E-state index contributed by atoms with van der Waals surface area (Å²) in [5.74, 6) is 0.876. The van der Waals surface area contributed by atoms with Crippen LogP contribution in [-0.2, 0) is 0 Å². The summed E-state index contributed by atoms with van der Waals surface area (Å²) in [6.45, 7) is 4.59. The molecule has 0 spiro atoms. The van der Waals surface area contributed by atoms with Crippen LogP contribution in [0.5, 0.6) is 5.75 Å². The Morgan fingerprint density at radius 3 is 2.64 bits per heavy atom. The number of benzene rings is 1. The number of anilines is 1. The number of ether oxygens (including phenoxy) is 1. The third-order valence-electron chi connectivity index (χ3n) is 4.26. The number of amides is 1. The second-order valence-electron chi connectivity index (χ2n) is 6.25. The van der Waals surface area contributed by atoms with Crippen LogP contribution in [-0.4, -0.2) is 29.5 Å². The maximum atomic E-state index is 12.3. The Bertz CT molecular complexity index is 1010. The molecule has 3 N–H and O–H groups in total. The highest BCUT2D eigenvalue weighted by Crippen LogP contribution is 2.34. The molecule has 0 fully saturated rings. The second kappa shape index (κ2) is 8.84. The topological polar surface area (TPSA) is 90.1 Å². The van der Waals surface area contributed by atoms with Gasteiger partial charge in [0.1, 0.15) is 10.6 Å². The summed E-state index contributed by atoms with van der Waals surface area (Å²) in [5, 5.41) is 3.66. The van der Waals surface area contributed by atoms with E-state index in [9.17, 15) is 4.79 Å². The number of fused-ring (bicyclic) bond motifs is 1. The number of carbonyl (C=O) groups is 1. The molecule has 2 aromatic heterocycles. The van der Waals surface area contributed by atoms with Crippen molar-refractivity contribution in [2.45, 2.75) is 26.7 Å². The first-order chi connectivity index (χ1) is 13.6. The zero-order valence-electron chi connectivity index (χ0n) is 16.3. The number of hydrogen-bond acceptors (Lipinski definition) is 6. The van der Waals surface area contributed by atoms with E-state index in [4.69, 9.17) is 10.5 Å². The quantitative estimate of drug-likeness (QED) is 0.623. The normalized spacial score (nSPS) is 11.6. The predicted octanol–water partition coefficient (Wildman–Crippen LogP) is 4.26. The Hall–Kier alpha value is -2.93. The van der Waals surface area contributed by atoms with Gasteiger partial charge in [0, 0.05) is 17.5 Å². The molecule has 1 aromatic carbocycles. The fourth-order valence-electron chi connectivity index (χ4n) is 2.91. The molecule has 2 heterocycles. The van der Waals surface area contributed by atoms with Crippen LogP contribution in [0.4, 0.5) is 5.95 Å². The standard InChI is InChI=1S/C21H24N4O2S/c1-4-6-7-15(13-8-10-14(27-3)11-9-13)18-16-12-17(19(26)23-5-2)28-20(16)25-21(22)24-18/h7-12H,4-6H2,1-3H3,(H,23,26)(H2,22,24,25)/b15-7+. The minimum absolute atomic E-state index is 0.112. The Morgan fingerprint density at radius 1 is 1.25 bits per heavy atom. The SMILES string of the molecule is CCC/C=C(\c1ccc(OC)cc1)c1nc(N)nc2sc(C(=O)NCC)cc12. The van der Waals surface area contributed by atoms with Crippen molar-refractivity contribution >= 4 is 39.0 Å². The molecule has 0 atom stereocenters. The molecule has 0 radical (unpaired) electrons. The molecule has 6 nitrogen and oxygen atoms in total. The molecule has 3 rings (SSSR count). The van der Waals surface area contributed by atoms with Crippen LogP contribution in [0.15, 0.2) is 36.4 Å². The van der Waals surface area contributed by atoms with Crippen LogP contribution in [0.1, 0.15) is 47.6 Å². The monoisotopic (exact) mass is 396 g/mol. The summed E-state index contributed by atoms with van der Waals surface area (Å²) in [7, 11) is 1.64. The fraction of sp³-hybridized carbons (Fsp3) is 0.286. The third-order valence-corrected chi connectivity index (χ3v) is 5.29. The van der Waals surface area contributed by atoms with Gasteiger partial charge in [-0.25, -0.2) is 9.97 Å². The first-order valence-electron chi connectivity index (χ1n) is 9.27. The van der Waals surface area contributed by atoms with Gasteiger partial charge >= 0.3 is 0 Å². The van der Waals surface area contributed by atoms with Gasteiger partial charge < -0.3 is 15.8 Å². The van der Waals surface area contributed by atoms with Crippen LogP contribution in [0.25, 0.3) is 15.8 Å². The molecule has 0 unspecified atom stereocenters. The molecule has 0 aliphatic carbocycles. The van der Waals surface area contributed by atoms with Crippen LogP contribution < -0.4 is 15.8 Å². The second-order valence-corrected chi connectivity index (χ2v) is 7.28. The molecular weight excluding hydrogens is 372 g/mol. The lowest BCUT2D eigenvalue weighted by atomic mass is 9.98. The summed E-state index contributed by atoms with van der Waals surface area (Å²) in [6.07, 6.45) is 4.07. The molecule has 146 valence electrons. The molecular formula is C21H24N4O2S. The van der Waals surface area contributed by atoms with Crippen molar-refractivity contribution in [1.29, 1.82) is 0 Å². The van der Waals surface area contributed by atoms with Gasteiger partial charge in [-0.05, 0) is 37.1 Å². The van der Waals surface area contributed by atoms with Crippen molar-refractivity contribution in [1.82, 2.24) is 15.3 Å². The lowest BCUT2D eigenvalue weighted by Gasteiger charge is -2.11. The molecule has 0 saturated heterocycles. The first-order valence-corrected chi connectivity index (χ1v) is 10.1. The van der Waals surface area contributed by atoms with Gasteiger partial charge in [-0.15, -0.1) is 11.3 Å². The highest BCUT2D eigenvalue weighted by atomic mass is 32.1. The molecule has 3 aromatic rings. The van der Waals surface area contributed by atoms with E-state index in [1.54, 1.807) is 7.11 Å². The van der Waals surface area contributed by atoms with Gasteiger partial charge in [0.25, 0.3) is 5.91 Å². The Morgan fingerprint density at radius 2 is 2.00 bits per heavy atom. The largest absolute Gasteiger partial charge is 0.497 e. The minimum Gasteiger partial charge on any atom is -0.497 e. The van der Waals surface area contributed by atoms with E-state index in [2.05, 4.69) is 28.3 Å². The van der Waals surface area contributed by atoms with Gasteiger partial charge in [-0.3, -0.25) is 4.79 Å². The average Bonchev–Trinajstić information content (AvgIpc) is 3.13. The van der Waals surface area contributed by atoms with Crippen LogP contribution in [0.3, 0.4) is 0 Å². The molecule has 1 amide bonds. The number of hydrogen-bond donors (Lipinski definition) is 2. The lowest BCUT2D eigenvalue weighted by molar-refractivity contribution is 0.0960. The summed E-state index contributed by atoms with van der Waals surface area (Å²) in [5.41, 5.74) is 8.73. The number of aromatic nitrogens is 2. The zero-order chi connectivity index (χ0) is 20.1. The predicted molar refractivity (Wildman–Crippen MR) is 115 cm³/mol. The van der Waals surface area contributed by atoms with E-state index in [-0.39, 0.29) is 11.9 Å². The van der Waals surface area contributed by atoms with Crippen molar-refractivity contribution in [3.8, 4) is 5.75 Å².